The summed E-state index contributed by atoms with van der Waals surface area (Å²) in [6, 6.07) is 16.4. The highest BCUT2D eigenvalue weighted by Gasteiger charge is 2.31. The second kappa shape index (κ2) is 21.7. The summed E-state index contributed by atoms with van der Waals surface area (Å²) in [7, 11) is 0. The van der Waals surface area contributed by atoms with Gasteiger partial charge in [-0.3, -0.25) is 33.6 Å². The third-order valence-electron chi connectivity index (χ3n) is 8.29. The number of carbonyl (C=O) groups is 7. The minimum atomic E-state index is -1.31. The number of benzene rings is 3. The van der Waals surface area contributed by atoms with E-state index in [0.717, 1.165) is 5.56 Å². The second-order valence-corrected chi connectivity index (χ2v) is 13.2. The molecule has 0 heterocycles. The maximum absolute atomic E-state index is 14.0. The van der Waals surface area contributed by atoms with E-state index in [2.05, 4.69) is 44.5 Å². The first-order valence-corrected chi connectivity index (χ1v) is 18.0. The maximum Gasteiger partial charge on any atom is 0.322 e. The third kappa shape index (κ3) is 14.8. The number of hydrogen-bond acceptors (Lipinski definition) is 10. The lowest BCUT2D eigenvalue weighted by Crippen LogP contribution is -2.59. The van der Waals surface area contributed by atoms with Gasteiger partial charge in [-0.1, -0.05) is 72.8 Å². The first-order valence-electron chi connectivity index (χ1n) is 17.4. The van der Waals surface area contributed by atoms with Gasteiger partial charge in [-0.2, -0.15) is 12.6 Å². The number of aromatic hydroxyl groups is 1. The van der Waals surface area contributed by atoms with Gasteiger partial charge >= 0.3 is 5.97 Å². The van der Waals surface area contributed by atoms with E-state index >= 15 is 0 Å². The number of amides is 6. The van der Waals surface area contributed by atoms with Gasteiger partial charge in [0.25, 0.3) is 0 Å². The van der Waals surface area contributed by atoms with Gasteiger partial charge in [-0.05, 0) is 42.7 Å². The van der Waals surface area contributed by atoms with Crippen LogP contribution in [0.25, 0.3) is 0 Å². The van der Waals surface area contributed by atoms with Crippen LogP contribution < -0.4 is 37.6 Å². The molecule has 17 heteroatoms. The van der Waals surface area contributed by atoms with Crippen molar-refractivity contribution < 1.29 is 43.8 Å². The number of carbonyl (C=O) groups excluding carboxylic acids is 6. The van der Waals surface area contributed by atoms with Crippen LogP contribution in [0.1, 0.15) is 30.5 Å². The maximum atomic E-state index is 14.0. The molecule has 0 saturated carbocycles. The summed E-state index contributed by atoms with van der Waals surface area (Å²) in [5.41, 5.74) is 7.75. The number of carboxylic acids is 1. The van der Waals surface area contributed by atoms with Crippen LogP contribution in [0.4, 0.5) is 0 Å². The van der Waals surface area contributed by atoms with Crippen molar-refractivity contribution in [2.75, 3.05) is 12.3 Å². The van der Waals surface area contributed by atoms with Crippen molar-refractivity contribution in [1.29, 1.82) is 0 Å². The number of nitrogens with one attached hydrogen (secondary N) is 6. The molecule has 0 unspecified atom stereocenters. The summed E-state index contributed by atoms with van der Waals surface area (Å²) in [6.07, 6.45) is -0.0251. The molecule has 0 spiro atoms. The van der Waals surface area contributed by atoms with Crippen molar-refractivity contribution >= 4 is 54.0 Å². The lowest BCUT2D eigenvalue weighted by molar-refractivity contribution is -0.138. The molecular weight excluding hydrogens is 731 g/mol. The van der Waals surface area contributed by atoms with Crippen LogP contribution in [0.5, 0.6) is 5.75 Å². The van der Waals surface area contributed by atoms with Gasteiger partial charge in [0.05, 0.1) is 6.04 Å². The van der Waals surface area contributed by atoms with E-state index in [1.54, 1.807) is 72.8 Å². The fourth-order valence-electron chi connectivity index (χ4n) is 5.20. The zero-order chi connectivity index (χ0) is 40.5. The average molecular weight is 778 g/mol. The molecule has 294 valence electrons. The fraction of sp³-hybridized carbons (Fsp3) is 0.342. The molecule has 10 N–H and O–H groups in total. The Labute approximate surface area is 323 Å². The van der Waals surface area contributed by atoms with Gasteiger partial charge in [0.2, 0.25) is 35.4 Å². The SMILES string of the molecule is C[C@H](NC(=O)[C@H](Cc1ccccc1)NC(=O)[C@H](Cc1ccc(O)cc1)NC(=O)[C@H](C)NC(=O)[C@H](Cc1ccccc1)NC(=O)[C@@H](N)CS)C(=O)NCC(=O)O. The average Bonchev–Trinajstić information content (AvgIpc) is 3.17. The summed E-state index contributed by atoms with van der Waals surface area (Å²) in [6.45, 7) is 2.09. The smallest absolute Gasteiger partial charge is 0.322 e. The highest BCUT2D eigenvalue weighted by atomic mass is 32.1. The molecule has 16 nitrogen and oxygen atoms in total. The summed E-state index contributed by atoms with van der Waals surface area (Å²) >= 11 is 4.05. The Balaban J connectivity index is 1.82. The predicted octanol–water partition coefficient (Wildman–Crippen LogP) is -0.658. The third-order valence-corrected chi connectivity index (χ3v) is 8.69. The number of phenols is 1. The van der Waals surface area contributed by atoms with Crippen molar-refractivity contribution in [3.63, 3.8) is 0 Å². The largest absolute Gasteiger partial charge is 0.508 e. The van der Waals surface area contributed by atoms with Crippen molar-refractivity contribution in [2.45, 2.75) is 69.4 Å². The molecule has 0 fully saturated rings. The van der Waals surface area contributed by atoms with Crippen LogP contribution in [0.15, 0.2) is 84.9 Å². The van der Waals surface area contributed by atoms with Crippen molar-refractivity contribution in [2.24, 2.45) is 5.73 Å². The Bertz CT molecular complexity index is 1780. The first kappa shape index (κ1) is 43.5. The number of nitrogens with two attached hydrogens (primary N) is 1. The van der Waals surface area contributed by atoms with Crippen molar-refractivity contribution in [3.05, 3.63) is 102 Å². The van der Waals surface area contributed by atoms with Crippen LogP contribution >= 0.6 is 12.6 Å². The fourth-order valence-corrected chi connectivity index (χ4v) is 5.37. The van der Waals surface area contributed by atoms with E-state index in [-0.39, 0.29) is 30.8 Å². The van der Waals surface area contributed by atoms with E-state index in [9.17, 15) is 38.7 Å². The molecular formula is C38H47N7O9S. The number of phenolic OH excluding ortho intramolecular Hbond substituents is 1. The molecule has 3 aromatic carbocycles. The van der Waals surface area contributed by atoms with Gasteiger partial charge in [0, 0.05) is 25.0 Å². The highest BCUT2D eigenvalue weighted by Crippen LogP contribution is 2.13. The number of hydrogen-bond donors (Lipinski definition) is 10. The number of carboxylic acid groups (broad SMARTS) is 1. The minimum Gasteiger partial charge on any atom is -0.508 e. The van der Waals surface area contributed by atoms with E-state index in [4.69, 9.17) is 10.8 Å². The van der Waals surface area contributed by atoms with E-state index in [0.29, 0.717) is 11.1 Å². The topological polar surface area (TPSA) is 258 Å². The minimum absolute atomic E-state index is 0.0143. The molecule has 6 amide bonds. The zero-order valence-corrected chi connectivity index (χ0v) is 31.3. The normalized spacial score (nSPS) is 14.0. The molecule has 55 heavy (non-hydrogen) atoms. The summed E-state index contributed by atoms with van der Waals surface area (Å²) in [4.78, 5) is 90.5. The standard InChI is InChI=1S/C38H47N7O9S/c1-22(33(49)40-20-32(47)48)41-37(53)30(18-25-11-7-4-8-12-25)45-38(54)31(19-26-13-15-27(46)16-14-26)43-34(50)23(2)42-36(52)29(44-35(51)28(39)21-55)17-24-9-5-3-6-10-24/h3-16,22-23,28-31,46,55H,17-21,39H2,1-2H3,(H,40,49)(H,41,53)(H,42,52)(H,43,50)(H,44,51)(H,45,54)(H,47,48)/t22-,23-,28-,29-,30-,31-/m0/s1. The Morgan fingerprint density at radius 3 is 1.38 bits per heavy atom. The lowest BCUT2D eigenvalue weighted by Gasteiger charge is -2.26. The molecule has 3 rings (SSSR count). The Hall–Kier alpha value is -5.94. The molecule has 0 radical (unpaired) electrons. The monoisotopic (exact) mass is 777 g/mol. The lowest BCUT2D eigenvalue weighted by atomic mass is 10.0. The Kier molecular flexibility index (Phi) is 17.1. The zero-order valence-electron chi connectivity index (χ0n) is 30.4. The van der Waals surface area contributed by atoms with Crippen LogP contribution in [-0.4, -0.2) is 100 Å². The second-order valence-electron chi connectivity index (χ2n) is 12.8. The van der Waals surface area contributed by atoms with Gasteiger partial charge in [-0.25, -0.2) is 0 Å². The molecule has 0 bridgehead atoms. The summed E-state index contributed by atoms with van der Waals surface area (Å²) in [5, 5.41) is 33.9. The van der Waals surface area contributed by atoms with Gasteiger partial charge in [0.15, 0.2) is 0 Å². The van der Waals surface area contributed by atoms with Gasteiger partial charge in [0.1, 0.15) is 42.5 Å². The molecule has 0 aromatic heterocycles. The Morgan fingerprint density at radius 1 is 0.564 bits per heavy atom. The van der Waals surface area contributed by atoms with Crippen molar-refractivity contribution in [3.8, 4) is 5.75 Å². The van der Waals surface area contributed by atoms with Crippen LogP contribution in [-0.2, 0) is 52.8 Å². The summed E-state index contributed by atoms with van der Waals surface area (Å²) < 4.78 is 0. The van der Waals surface area contributed by atoms with E-state index < -0.39 is 84.2 Å². The molecule has 0 aliphatic heterocycles. The van der Waals surface area contributed by atoms with Gasteiger partial charge in [-0.15, -0.1) is 0 Å². The van der Waals surface area contributed by atoms with E-state index in [1.807, 2.05) is 0 Å². The number of thiol groups is 1. The highest BCUT2D eigenvalue weighted by molar-refractivity contribution is 7.80. The Morgan fingerprint density at radius 2 is 0.945 bits per heavy atom. The molecule has 6 atom stereocenters. The predicted molar refractivity (Wildman–Crippen MR) is 206 cm³/mol. The number of aliphatic carboxylic acids is 1. The quantitative estimate of drug-likeness (QED) is 0.0648. The molecule has 3 aromatic rings. The molecule has 0 aliphatic carbocycles. The van der Waals surface area contributed by atoms with E-state index in [1.165, 1.54) is 26.0 Å². The molecule has 0 saturated heterocycles. The molecule has 0 aliphatic rings. The number of rotatable bonds is 20. The van der Waals surface area contributed by atoms with Gasteiger partial charge < -0.3 is 47.8 Å². The van der Waals surface area contributed by atoms with Crippen LogP contribution in [0, 0.1) is 0 Å². The first-order chi connectivity index (χ1) is 26.2. The van der Waals surface area contributed by atoms with Crippen LogP contribution in [0.2, 0.25) is 0 Å². The van der Waals surface area contributed by atoms with Crippen molar-refractivity contribution in [1.82, 2.24) is 31.9 Å². The van der Waals surface area contributed by atoms with Crippen LogP contribution in [0.3, 0.4) is 0 Å². The summed E-state index contributed by atoms with van der Waals surface area (Å²) in [5.74, 6) is -5.64.